The normalized spacial score (nSPS) is 18.6. The highest BCUT2D eigenvalue weighted by Crippen LogP contribution is 2.36. The third-order valence-corrected chi connectivity index (χ3v) is 3.71. The largest absolute Gasteiger partial charge is 0.347 e. The average Bonchev–Trinajstić information content (AvgIpc) is 2.93. The van der Waals surface area contributed by atoms with Gasteiger partial charge in [-0.2, -0.15) is 0 Å². The van der Waals surface area contributed by atoms with Gasteiger partial charge in [-0.1, -0.05) is 6.07 Å². The molecule has 2 aromatic heterocycles. The topological polar surface area (TPSA) is 41.9 Å². The highest BCUT2D eigenvalue weighted by molar-refractivity contribution is 5.46. The van der Waals surface area contributed by atoms with Crippen LogP contribution in [0.15, 0.2) is 24.5 Å². The van der Waals surface area contributed by atoms with E-state index in [2.05, 4.69) is 15.0 Å². The van der Waals surface area contributed by atoms with Crippen LogP contribution in [0.25, 0.3) is 0 Å². The van der Waals surface area contributed by atoms with Crippen molar-refractivity contribution >= 4 is 5.82 Å². The molecule has 1 aliphatic heterocycles. The Kier molecular flexibility index (Phi) is 3.34. The molecule has 0 aliphatic carbocycles. The Morgan fingerprint density at radius 2 is 2.15 bits per heavy atom. The standard InChI is InChI=1S/C15H17FN4/c1-10-14(16)15(19-11(2)18-10)20-8-4-6-13(20)12-5-3-7-17-9-12/h3,5,7,9,13H,4,6,8H2,1-2H3. The Morgan fingerprint density at radius 3 is 2.90 bits per heavy atom. The van der Waals surface area contributed by atoms with E-state index >= 15 is 0 Å². The van der Waals surface area contributed by atoms with Crippen molar-refractivity contribution in [3.63, 3.8) is 0 Å². The maximum atomic E-state index is 14.3. The molecular weight excluding hydrogens is 255 g/mol. The van der Waals surface area contributed by atoms with Gasteiger partial charge < -0.3 is 4.90 Å². The molecule has 0 amide bonds. The average molecular weight is 272 g/mol. The number of halogens is 1. The second-order valence-electron chi connectivity index (χ2n) is 5.13. The lowest BCUT2D eigenvalue weighted by Crippen LogP contribution is -2.25. The molecule has 0 spiro atoms. The molecule has 1 aliphatic rings. The maximum absolute atomic E-state index is 14.3. The quantitative estimate of drug-likeness (QED) is 0.843. The number of hydrogen-bond acceptors (Lipinski definition) is 4. The summed E-state index contributed by atoms with van der Waals surface area (Å²) < 4.78 is 14.3. The second-order valence-corrected chi connectivity index (χ2v) is 5.13. The van der Waals surface area contributed by atoms with E-state index in [1.165, 1.54) is 0 Å². The molecule has 0 N–H and O–H groups in total. The lowest BCUT2D eigenvalue weighted by atomic mass is 10.1. The lowest BCUT2D eigenvalue weighted by molar-refractivity contribution is 0.581. The maximum Gasteiger partial charge on any atom is 0.186 e. The summed E-state index contributed by atoms with van der Waals surface area (Å²) >= 11 is 0. The molecule has 0 aromatic carbocycles. The molecule has 0 saturated carbocycles. The molecule has 4 nitrogen and oxygen atoms in total. The van der Waals surface area contributed by atoms with Gasteiger partial charge in [0.05, 0.1) is 11.7 Å². The lowest BCUT2D eigenvalue weighted by Gasteiger charge is -2.26. The third-order valence-electron chi connectivity index (χ3n) is 3.71. The molecule has 0 bridgehead atoms. The summed E-state index contributed by atoms with van der Waals surface area (Å²) in [5.41, 5.74) is 1.52. The van der Waals surface area contributed by atoms with E-state index in [1.807, 2.05) is 23.2 Å². The fourth-order valence-electron chi connectivity index (χ4n) is 2.81. The smallest absolute Gasteiger partial charge is 0.186 e. The minimum Gasteiger partial charge on any atom is -0.347 e. The van der Waals surface area contributed by atoms with Crippen LogP contribution < -0.4 is 4.90 Å². The summed E-state index contributed by atoms with van der Waals surface area (Å²) in [7, 11) is 0. The van der Waals surface area contributed by atoms with Crippen LogP contribution in [0.3, 0.4) is 0 Å². The van der Waals surface area contributed by atoms with E-state index in [4.69, 9.17) is 0 Å². The van der Waals surface area contributed by atoms with Crippen molar-refractivity contribution < 1.29 is 4.39 Å². The van der Waals surface area contributed by atoms with Crippen LogP contribution in [-0.2, 0) is 0 Å². The van der Waals surface area contributed by atoms with Crippen LogP contribution in [0.5, 0.6) is 0 Å². The van der Waals surface area contributed by atoms with E-state index in [9.17, 15) is 4.39 Å². The van der Waals surface area contributed by atoms with Crippen LogP contribution in [0.4, 0.5) is 10.2 Å². The zero-order chi connectivity index (χ0) is 14.1. The van der Waals surface area contributed by atoms with E-state index in [-0.39, 0.29) is 11.9 Å². The van der Waals surface area contributed by atoms with Crippen molar-refractivity contribution in [1.29, 1.82) is 0 Å². The summed E-state index contributed by atoms with van der Waals surface area (Å²) in [5, 5.41) is 0. The zero-order valence-corrected chi connectivity index (χ0v) is 11.7. The van der Waals surface area contributed by atoms with Gasteiger partial charge in [0, 0.05) is 18.9 Å². The molecule has 5 heteroatoms. The summed E-state index contributed by atoms with van der Waals surface area (Å²) in [4.78, 5) is 14.6. The van der Waals surface area contributed by atoms with Gasteiger partial charge in [0.25, 0.3) is 0 Å². The van der Waals surface area contributed by atoms with E-state index in [0.717, 1.165) is 24.9 Å². The number of hydrogen-bond donors (Lipinski definition) is 0. The van der Waals surface area contributed by atoms with Crippen LogP contribution in [0, 0.1) is 19.7 Å². The Labute approximate surface area is 117 Å². The van der Waals surface area contributed by atoms with Crippen molar-refractivity contribution in [2.75, 3.05) is 11.4 Å². The van der Waals surface area contributed by atoms with Crippen LogP contribution in [0.1, 0.15) is 36.0 Å². The molecule has 1 saturated heterocycles. The Morgan fingerprint density at radius 1 is 1.30 bits per heavy atom. The molecular formula is C15H17FN4. The number of aryl methyl sites for hydroxylation is 2. The number of rotatable bonds is 2. The molecule has 1 fully saturated rings. The minimum atomic E-state index is -0.314. The van der Waals surface area contributed by atoms with E-state index < -0.39 is 0 Å². The fraction of sp³-hybridized carbons (Fsp3) is 0.400. The predicted molar refractivity (Wildman–Crippen MR) is 75.0 cm³/mol. The first-order valence-electron chi connectivity index (χ1n) is 6.84. The van der Waals surface area contributed by atoms with Gasteiger partial charge in [0.1, 0.15) is 5.82 Å². The first kappa shape index (κ1) is 13.0. The molecule has 1 atom stereocenters. The first-order chi connectivity index (χ1) is 9.66. The number of pyridine rings is 1. The molecule has 3 heterocycles. The van der Waals surface area contributed by atoms with Gasteiger partial charge >= 0.3 is 0 Å². The third kappa shape index (κ3) is 2.24. The predicted octanol–water partition coefficient (Wildman–Crippen LogP) is 2.97. The van der Waals surface area contributed by atoms with Crippen LogP contribution in [0.2, 0.25) is 0 Å². The fourth-order valence-corrected chi connectivity index (χ4v) is 2.81. The Bertz CT molecular complexity index is 615. The van der Waals surface area contributed by atoms with Crippen LogP contribution in [-0.4, -0.2) is 21.5 Å². The Hall–Kier alpha value is -2.04. The highest BCUT2D eigenvalue weighted by Gasteiger charge is 2.30. The second kappa shape index (κ2) is 5.15. The first-order valence-corrected chi connectivity index (χ1v) is 6.84. The van der Waals surface area contributed by atoms with Gasteiger partial charge in [0.15, 0.2) is 11.6 Å². The molecule has 104 valence electrons. The highest BCUT2D eigenvalue weighted by atomic mass is 19.1. The summed E-state index contributed by atoms with van der Waals surface area (Å²) in [6, 6.07) is 4.10. The van der Waals surface area contributed by atoms with Crippen LogP contribution >= 0.6 is 0 Å². The molecule has 1 unspecified atom stereocenters. The van der Waals surface area contributed by atoms with Crippen molar-refractivity contribution in [3.8, 4) is 0 Å². The van der Waals surface area contributed by atoms with E-state index in [0.29, 0.717) is 17.3 Å². The zero-order valence-electron chi connectivity index (χ0n) is 11.7. The van der Waals surface area contributed by atoms with Crippen molar-refractivity contribution in [3.05, 3.63) is 47.4 Å². The van der Waals surface area contributed by atoms with Crippen molar-refractivity contribution in [2.24, 2.45) is 0 Å². The summed E-state index contributed by atoms with van der Waals surface area (Å²) in [6.45, 7) is 4.29. The van der Waals surface area contributed by atoms with Gasteiger partial charge in [0.2, 0.25) is 0 Å². The summed E-state index contributed by atoms with van der Waals surface area (Å²) in [6.07, 6.45) is 5.62. The molecule has 0 radical (unpaired) electrons. The molecule has 3 rings (SSSR count). The molecule has 20 heavy (non-hydrogen) atoms. The monoisotopic (exact) mass is 272 g/mol. The number of anilines is 1. The van der Waals surface area contributed by atoms with Crippen molar-refractivity contribution in [1.82, 2.24) is 15.0 Å². The molecule has 2 aromatic rings. The van der Waals surface area contributed by atoms with Gasteiger partial charge in [-0.15, -0.1) is 0 Å². The van der Waals surface area contributed by atoms with Gasteiger partial charge in [-0.05, 0) is 38.3 Å². The van der Waals surface area contributed by atoms with Crippen molar-refractivity contribution in [2.45, 2.75) is 32.7 Å². The number of nitrogens with zero attached hydrogens (tertiary/aromatic N) is 4. The summed E-state index contributed by atoms with van der Waals surface area (Å²) in [5.74, 6) is 0.712. The van der Waals surface area contributed by atoms with E-state index in [1.54, 1.807) is 20.0 Å². The Balaban J connectivity index is 2.01. The SMILES string of the molecule is Cc1nc(C)c(F)c(N2CCCC2c2cccnc2)n1. The van der Waals surface area contributed by atoms with Gasteiger partial charge in [-0.3, -0.25) is 4.98 Å². The number of aromatic nitrogens is 3. The van der Waals surface area contributed by atoms with Gasteiger partial charge in [-0.25, -0.2) is 14.4 Å². The minimum absolute atomic E-state index is 0.145.